The first-order valence-electron chi connectivity index (χ1n) is 8.78. The highest BCUT2D eigenvalue weighted by Gasteiger charge is 2.24. The fourth-order valence-corrected chi connectivity index (χ4v) is 3.54. The summed E-state index contributed by atoms with van der Waals surface area (Å²) in [6.07, 6.45) is 3.64. The van der Waals surface area contributed by atoms with Crippen LogP contribution in [0.25, 0.3) is 0 Å². The summed E-state index contributed by atoms with van der Waals surface area (Å²) in [4.78, 5) is 9.96. The highest BCUT2D eigenvalue weighted by molar-refractivity contribution is 5.40. The minimum atomic E-state index is 0.583. The molecule has 2 saturated heterocycles. The third kappa shape index (κ3) is 3.79. The summed E-state index contributed by atoms with van der Waals surface area (Å²) in [6, 6.07) is 7.18. The number of hydrogen-bond acceptors (Lipinski definition) is 4. The zero-order chi connectivity index (χ0) is 15.4. The van der Waals surface area contributed by atoms with E-state index < -0.39 is 0 Å². The quantitative estimate of drug-likeness (QED) is 0.858. The van der Waals surface area contributed by atoms with E-state index in [1.54, 1.807) is 0 Å². The van der Waals surface area contributed by atoms with Crippen molar-refractivity contribution < 1.29 is 4.74 Å². The third-order valence-corrected chi connectivity index (χ3v) is 4.90. The second-order valence-corrected chi connectivity index (χ2v) is 6.80. The second-order valence-electron chi connectivity index (χ2n) is 6.80. The van der Waals surface area contributed by atoms with E-state index in [1.165, 1.54) is 25.1 Å². The zero-order valence-electron chi connectivity index (χ0n) is 14.0. The van der Waals surface area contributed by atoms with Gasteiger partial charge in [0.1, 0.15) is 5.82 Å². The maximum Gasteiger partial charge on any atom is 0.128 e. The second kappa shape index (κ2) is 7.42. The average molecular weight is 303 g/mol. The van der Waals surface area contributed by atoms with Crippen molar-refractivity contribution in [2.75, 3.05) is 44.3 Å². The van der Waals surface area contributed by atoms with E-state index in [1.807, 2.05) is 0 Å². The lowest BCUT2D eigenvalue weighted by Gasteiger charge is -2.35. The third-order valence-electron chi connectivity index (χ3n) is 4.90. The number of piperidine rings is 1. The van der Waals surface area contributed by atoms with Gasteiger partial charge in [0.05, 0.1) is 6.61 Å². The van der Waals surface area contributed by atoms with E-state index in [4.69, 9.17) is 9.72 Å². The Labute approximate surface area is 134 Å². The molecule has 0 radical (unpaired) electrons. The van der Waals surface area contributed by atoms with Crippen molar-refractivity contribution in [3.05, 3.63) is 23.9 Å². The number of rotatable bonds is 3. The van der Waals surface area contributed by atoms with Crippen molar-refractivity contribution in [3.63, 3.8) is 0 Å². The van der Waals surface area contributed by atoms with E-state index in [2.05, 4.69) is 41.8 Å². The molecule has 1 atom stereocenters. The van der Waals surface area contributed by atoms with Crippen molar-refractivity contribution in [2.24, 2.45) is 0 Å². The first-order valence-corrected chi connectivity index (χ1v) is 8.78. The molecule has 0 N–H and O–H groups in total. The number of nitrogens with zero attached hydrogens (tertiary/aromatic N) is 3. The molecule has 0 bridgehead atoms. The van der Waals surface area contributed by atoms with Gasteiger partial charge in [0.25, 0.3) is 0 Å². The highest BCUT2D eigenvalue weighted by atomic mass is 16.5. The molecule has 0 saturated carbocycles. The summed E-state index contributed by atoms with van der Waals surface area (Å²) in [5.74, 6) is 1.71. The average Bonchev–Trinajstić information content (AvgIpc) is 2.84. The van der Waals surface area contributed by atoms with Crippen LogP contribution in [0, 0.1) is 0 Å². The van der Waals surface area contributed by atoms with Crippen LogP contribution in [-0.4, -0.2) is 55.3 Å². The smallest absolute Gasteiger partial charge is 0.128 e. The molecule has 1 unspecified atom stereocenters. The summed E-state index contributed by atoms with van der Waals surface area (Å²) in [5, 5.41) is 0. The van der Waals surface area contributed by atoms with Gasteiger partial charge in [-0.25, -0.2) is 4.98 Å². The molecule has 4 nitrogen and oxygen atoms in total. The largest absolute Gasteiger partial charge is 0.380 e. The standard InChI is InChI=1S/C18H29N3O/c1-15(2)21-9-4-6-16(14-21)17-7-3-8-18(19-17)20-10-5-12-22-13-11-20/h3,7-8,15-16H,4-6,9-14H2,1-2H3. The minimum Gasteiger partial charge on any atom is -0.380 e. The fraction of sp³-hybridized carbons (Fsp3) is 0.722. The number of ether oxygens (including phenoxy) is 1. The lowest BCUT2D eigenvalue weighted by molar-refractivity contribution is 0.152. The van der Waals surface area contributed by atoms with E-state index in [0.717, 1.165) is 45.1 Å². The number of likely N-dealkylation sites (tertiary alicyclic amines) is 1. The van der Waals surface area contributed by atoms with Gasteiger partial charge >= 0.3 is 0 Å². The zero-order valence-corrected chi connectivity index (χ0v) is 14.0. The Morgan fingerprint density at radius 1 is 1.14 bits per heavy atom. The van der Waals surface area contributed by atoms with Gasteiger partial charge in [0.15, 0.2) is 0 Å². The van der Waals surface area contributed by atoms with Gasteiger partial charge in [-0.1, -0.05) is 6.07 Å². The molecule has 0 amide bonds. The number of pyridine rings is 1. The molecule has 2 aliphatic rings. The predicted octanol–water partition coefficient (Wildman–Crippen LogP) is 2.90. The molecule has 22 heavy (non-hydrogen) atoms. The molecule has 2 aliphatic heterocycles. The monoisotopic (exact) mass is 303 g/mol. The number of aromatic nitrogens is 1. The minimum absolute atomic E-state index is 0.583. The van der Waals surface area contributed by atoms with Gasteiger partial charge in [-0.3, -0.25) is 0 Å². The van der Waals surface area contributed by atoms with Crippen molar-refractivity contribution in [1.82, 2.24) is 9.88 Å². The Morgan fingerprint density at radius 2 is 2.05 bits per heavy atom. The molecule has 0 spiro atoms. The van der Waals surface area contributed by atoms with Crippen molar-refractivity contribution >= 4 is 5.82 Å². The summed E-state index contributed by atoms with van der Waals surface area (Å²) in [5.41, 5.74) is 1.27. The molecular weight excluding hydrogens is 274 g/mol. The van der Waals surface area contributed by atoms with Gasteiger partial charge < -0.3 is 14.5 Å². The molecule has 1 aromatic rings. The normalized spacial score (nSPS) is 24.5. The summed E-state index contributed by atoms with van der Waals surface area (Å²) in [7, 11) is 0. The summed E-state index contributed by atoms with van der Waals surface area (Å²) in [6.45, 7) is 10.7. The van der Waals surface area contributed by atoms with Crippen LogP contribution in [0.4, 0.5) is 5.82 Å². The molecule has 122 valence electrons. The topological polar surface area (TPSA) is 28.6 Å². The first-order chi connectivity index (χ1) is 10.7. The highest BCUT2D eigenvalue weighted by Crippen LogP contribution is 2.28. The molecular formula is C18H29N3O. The van der Waals surface area contributed by atoms with E-state index >= 15 is 0 Å². The van der Waals surface area contributed by atoms with Crippen LogP contribution in [0.3, 0.4) is 0 Å². The lowest BCUT2D eigenvalue weighted by Crippen LogP contribution is -2.39. The van der Waals surface area contributed by atoms with Crippen LogP contribution < -0.4 is 4.90 Å². The maximum absolute atomic E-state index is 5.56. The number of anilines is 1. The maximum atomic E-state index is 5.56. The lowest BCUT2D eigenvalue weighted by atomic mass is 9.93. The molecule has 0 aromatic carbocycles. The molecule has 2 fully saturated rings. The Bertz CT molecular complexity index is 469. The van der Waals surface area contributed by atoms with E-state index in [9.17, 15) is 0 Å². The van der Waals surface area contributed by atoms with Crippen molar-refractivity contribution in [2.45, 2.75) is 45.1 Å². The summed E-state index contributed by atoms with van der Waals surface area (Å²) >= 11 is 0. The predicted molar refractivity (Wildman–Crippen MR) is 90.6 cm³/mol. The first kappa shape index (κ1) is 15.8. The van der Waals surface area contributed by atoms with Gasteiger partial charge in [0.2, 0.25) is 0 Å². The van der Waals surface area contributed by atoms with Crippen LogP contribution in [-0.2, 0) is 4.74 Å². The molecule has 1 aromatic heterocycles. The SMILES string of the molecule is CC(C)N1CCCC(c2cccc(N3CCCOCC3)n2)C1. The van der Waals surface area contributed by atoms with Crippen LogP contribution in [0.5, 0.6) is 0 Å². The number of hydrogen-bond donors (Lipinski definition) is 0. The Balaban J connectivity index is 1.72. The Morgan fingerprint density at radius 3 is 2.91 bits per heavy atom. The molecule has 3 heterocycles. The van der Waals surface area contributed by atoms with Crippen LogP contribution >= 0.6 is 0 Å². The molecule has 0 aliphatic carbocycles. The van der Waals surface area contributed by atoms with Gasteiger partial charge in [-0.2, -0.15) is 0 Å². The van der Waals surface area contributed by atoms with Crippen molar-refractivity contribution in [1.29, 1.82) is 0 Å². The molecule has 4 heteroatoms. The Hall–Kier alpha value is -1.13. The fourth-order valence-electron chi connectivity index (χ4n) is 3.54. The van der Waals surface area contributed by atoms with Gasteiger partial charge in [-0.15, -0.1) is 0 Å². The van der Waals surface area contributed by atoms with E-state index in [-0.39, 0.29) is 0 Å². The van der Waals surface area contributed by atoms with Crippen LogP contribution in [0.15, 0.2) is 18.2 Å². The summed E-state index contributed by atoms with van der Waals surface area (Å²) < 4.78 is 5.56. The van der Waals surface area contributed by atoms with Gasteiger partial charge in [0, 0.05) is 43.9 Å². The Kier molecular flexibility index (Phi) is 5.32. The van der Waals surface area contributed by atoms with Gasteiger partial charge in [-0.05, 0) is 51.8 Å². The van der Waals surface area contributed by atoms with Crippen LogP contribution in [0.1, 0.15) is 44.7 Å². The van der Waals surface area contributed by atoms with Crippen molar-refractivity contribution in [3.8, 4) is 0 Å². The van der Waals surface area contributed by atoms with E-state index in [0.29, 0.717) is 12.0 Å². The molecule has 3 rings (SSSR count). The van der Waals surface area contributed by atoms with Crippen LogP contribution in [0.2, 0.25) is 0 Å².